The highest BCUT2D eigenvalue weighted by molar-refractivity contribution is 5.12. The molecule has 2 saturated heterocycles. The summed E-state index contributed by atoms with van der Waals surface area (Å²) in [4.78, 5) is 9.96. The van der Waals surface area contributed by atoms with Crippen molar-refractivity contribution >= 4 is 0 Å². The molecule has 3 rings (SSSR count). The Morgan fingerprint density at radius 1 is 1.33 bits per heavy atom. The Morgan fingerprint density at radius 3 is 2.39 bits per heavy atom. The second-order valence-corrected chi connectivity index (χ2v) is 6.84. The average molecular weight is 249 g/mol. The van der Waals surface area contributed by atoms with Gasteiger partial charge in [-0.3, -0.25) is 4.90 Å². The molecule has 0 aromatic carbocycles. The van der Waals surface area contributed by atoms with Crippen molar-refractivity contribution in [2.75, 3.05) is 0 Å². The minimum absolute atomic E-state index is 0.191. The zero-order valence-electron chi connectivity index (χ0n) is 11.5. The van der Waals surface area contributed by atoms with Gasteiger partial charge in [0.2, 0.25) is 0 Å². The number of aliphatic hydroxyl groups is 1. The molecule has 2 aliphatic rings. The number of imidazole rings is 1. The predicted octanol–water partition coefficient (Wildman–Crippen LogP) is 2.02. The number of rotatable bonds is 1. The molecule has 2 bridgehead atoms. The SMILES string of the molecule is CC(C)(C)N1C2CC[C@@H]1CC(O)(c1ncc[nH]1)C2. The van der Waals surface area contributed by atoms with Gasteiger partial charge in [-0.25, -0.2) is 4.98 Å². The highest BCUT2D eigenvalue weighted by Gasteiger charge is 2.52. The molecule has 2 aliphatic heterocycles. The fraction of sp³-hybridized carbons (Fsp3) is 0.786. The van der Waals surface area contributed by atoms with Gasteiger partial charge in [-0.1, -0.05) is 0 Å². The molecule has 1 aromatic heterocycles. The maximum Gasteiger partial charge on any atom is 0.138 e. The molecule has 18 heavy (non-hydrogen) atoms. The topological polar surface area (TPSA) is 52.1 Å². The van der Waals surface area contributed by atoms with Gasteiger partial charge in [0.25, 0.3) is 0 Å². The van der Waals surface area contributed by atoms with Gasteiger partial charge < -0.3 is 10.1 Å². The molecular weight excluding hydrogens is 226 g/mol. The fourth-order valence-corrected chi connectivity index (χ4v) is 4.03. The molecule has 3 atom stereocenters. The monoisotopic (exact) mass is 249 g/mol. The first-order valence-corrected chi connectivity index (χ1v) is 6.91. The second kappa shape index (κ2) is 3.81. The molecule has 0 radical (unpaired) electrons. The van der Waals surface area contributed by atoms with E-state index < -0.39 is 5.60 Å². The molecule has 2 N–H and O–H groups in total. The van der Waals surface area contributed by atoms with Crippen LogP contribution in [0.4, 0.5) is 0 Å². The van der Waals surface area contributed by atoms with E-state index in [1.54, 1.807) is 12.4 Å². The van der Waals surface area contributed by atoms with Gasteiger partial charge >= 0.3 is 0 Å². The van der Waals surface area contributed by atoms with Crippen molar-refractivity contribution in [3.63, 3.8) is 0 Å². The van der Waals surface area contributed by atoms with Crippen LogP contribution >= 0.6 is 0 Å². The van der Waals surface area contributed by atoms with Crippen LogP contribution in [0.3, 0.4) is 0 Å². The molecule has 0 amide bonds. The lowest BCUT2D eigenvalue weighted by Gasteiger charge is -2.49. The molecule has 0 saturated carbocycles. The molecule has 3 heterocycles. The molecule has 2 unspecified atom stereocenters. The van der Waals surface area contributed by atoms with Gasteiger partial charge in [0.05, 0.1) is 0 Å². The van der Waals surface area contributed by atoms with E-state index in [1.165, 1.54) is 12.8 Å². The van der Waals surface area contributed by atoms with Crippen LogP contribution in [0.1, 0.15) is 52.3 Å². The van der Waals surface area contributed by atoms with E-state index in [-0.39, 0.29) is 5.54 Å². The molecule has 0 aliphatic carbocycles. The Kier molecular flexibility index (Phi) is 2.58. The molecule has 0 spiro atoms. The standard InChI is InChI=1S/C14H23N3O/c1-13(2,3)17-10-4-5-11(17)9-14(18,8-10)12-15-6-7-16-12/h6-7,10-11,18H,4-5,8-9H2,1-3H3,(H,15,16)/t10-,11?,14?/m1/s1. The van der Waals surface area contributed by atoms with Crippen LogP contribution in [0.2, 0.25) is 0 Å². The lowest BCUT2D eigenvalue weighted by atomic mass is 9.83. The molecule has 100 valence electrons. The van der Waals surface area contributed by atoms with E-state index in [1.807, 2.05) is 0 Å². The van der Waals surface area contributed by atoms with Crippen molar-refractivity contribution < 1.29 is 5.11 Å². The first-order valence-electron chi connectivity index (χ1n) is 6.91. The lowest BCUT2D eigenvalue weighted by Crippen LogP contribution is -2.56. The van der Waals surface area contributed by atoms with E-state index in [0.29, 0.717) is 12.1 Å². The van der Waals surface area contributed by atoms with Crippen molar-refractivity contribution in [2.24, 2.45) is 0 Å². The first kappa shape index (κ1) is 12.2. The van der Waals surface area contributed by atoms with Crippen molar-refractivity contribution in [2.45, 2.75) is 69.7 Å². The van der Waals surface area contributed by atoms with Crippen LogP contribution in [0.15, 0.2) is 12.4 Å². The van der Waals surface area contributed by atoms with Gasteiger partial charge in [-0.05, 0) is 46.5 Å². The van der Waals surface area contributed by atoms with E-state index in [0.717, 1.165) is 18.7 Å². The molecule has 4 nitrogen and oxygen atoms in total. The number of H-pyrrole nitrogens is 1. The van der Waals surface area contributed by atoms with Crippen LogP contribution in [-0.2, 0) is 5.60 Å². The number of hydrogen-bond acceptors (Lipinski definition) is 3. The number of aromatic amines is 1. The van der Waals surface area contributed by atoms with Crippen LogP contribution in [0.25, 0.3) is 0 Å². The molecule has 1 aromatic rings. The summed E-state index contributed by atoms with van der Waals surface area (Å²) in [6.45, 7) is 6.82. The number of hydrogen-bond donors (Lipinski definition) is 2. The van der Waals surface area contributed by atoms with Crippen LogP contribution in [0.5, 0.6) is 0 Å². The minimum Gasteiger partial charge on any atom is -0.382 e. The third-order valence-corrected chi connectivity index (χ3v) is 4.48. The van der Waals surface area contributed by atoms with E-state index >= 15 is 0 Å². The quantitative estimate of drug-likeness (QED) is 0.800. The Balaban J connectivity index is 1.88. The smallest absolute Gasteiger partial charge is 0.138 e. The van der Waals surface area contributed by atoms with Crippen LogP contribution in [0, 0.1) is 0 Å². The number of piperidine rings is 1. The van der Waals surface area contributed by atoms with Gasteiger partial charge in [-0.15, -0.1) is 0 Å². The molecular formula is C14H23N3O. The summed E-state index contributed by atoms with van der Waals surface area (Å²) >= 11 is 0. The predicted molar refractivity (Wildman–Crippen MR) is 70.1 cm³/mol. The summed E-state index contributed by atoms with van der Waals surface area (Å²) in [5.74, 6) is 0.743. The summed E-state index contributed by atoms with van der Waals surface area (Å²) in [7, 11) is 0. The number of fused-ring (bicyclic) bond motifs is 2. The summed E-state index contributed by atoms with van der Waals surface area (Å²) in [6.07, 6.45) is 7.52. The first-order chi connectivity index (χ1) is 8.40. The number of aromatic nitrogens is 2. The normalized spacial score (nSPS) is 37.1. The van der Waals surface area contributed by atoms with Crippen molar-refractivity contribution in [3.8, 4) is 0 Å². The molecule has 2 fully saturated rings. The van der Waals surface area contributed by atoms with E-state index in [9.17, 15) is 5.11 Å². The zero-order valence-corrected chi connectivity index (χ0v) is 11.5. The lowest BCUT2D eigenvalue weighted by molar-refractivity contribution is -0.0869. The number of nitrogens with one attached hydrogen (secondary N) is 1. The highest BCUT2D eigenvalue weighted by Crippen LogP contribution is 2.47. The van der Waals surface area contributed by atoms with Gasteiger partial charge in [0.1, 0.15) is 11.4 Å². The Morgan fingerprint density at radius 2 is 1.94 bits per heavy atom. The largest absolute Gasteiger partial charge is 0.382 e. The average Bonchev–Trinajstić information content (AvgIpc) is 2.85. The maximum absolute atomic E-state index is 10.9. The van der Waals surface area contributed by atoms with Crippen molar-refractivity contribution in [3.05, 3.63) is 18.2 Å². The summed E-state index contributed by atoms with van der Waals surface area (Å²) in [5, 5.41) is 10.9. The van der Waals surface area contributed by atoms with Gasteiger partial charge in [0.15, 0.2) is 0 Å². The second-order valence-electron chi connectivity index (χ2n) is 6.84. The molecule has 4 heteroatoms. The Labute approximate surface area is 108 Å². The Bertz CT molecular complexity index is 407. The van der Waals surface area contributed by atoms with Crippen LogP contribution in [-0.4, -0.2) is 37.6 Å². The van der Waals surface area contributed by atoms with E-state index in [4.69, 9.17) is 0 Å². The van der Waals surface area contributed by atoms with Crippen molar-refractivity contribution in [1.82, 2.24) is 14.9 Å². The summed E-state index contributed by atoms with van der Waals surface area (Å²) < 4.78 is 0. The third kappa shape index (κ3) is 1.79. The van der Waals surface area contributed by atoms with Crippen LogP contribution < -0.4 is 0 Å². The summed E-state index contributed by atoms with van der Waals surface area (Å²) in [5.41, 5.74) is -0.562. The Hall–Kier alpha value is -0.870. The minimum atomic E-state index is -0.753. The van der Waals surface area contributed by atoms with Gasteiger partial charge in [0, 0.05) is 30.0 Å². The third-order valence-electron chi connectivity index (χ3n) is 4.48. The number of nitrogens with zero attached hydrogens (tertiary/aromatic N) is 2. The summed E-state index contributed by atoms with van der Waals surface area (Å²) in [6, 6.07) is 0.970. The highest BCUT2D eigenvalue weighted by atomic mass is 16.3. The van der Waals surface area contributed by atoms with E-state index in [2.05, 4.69) is 35.6 Å². The zero-order chi connectivity index (χ0) is 13.0. The van der Waals surface area contributed by atoms with Crippen molar-refractivity contribution in [1.29, 1.82) is 0 Å². The van der Waals surface area contributed by atoms with Gasteiger partial charge in [-0.2, -0.15) is 0 Å². The maximum atomic E-state index is 10.9. The fourth-order valence-electron chi connectivity index (χ4n) is 4.03.